The van der Waals surface area contributed by atoms with Gasteiger partial charge in [0.05, 0.1) is 15.1 Å². The van der Waals surface area contributed by atoms with E-state index >= 15 is 0 Å². The van der Waals surface area contributed by atoms with E-state index in [1.807, 2.05) is 29.6 Å². The third-order valence-corrected chi connectivity index (χ3v) is 4.57. The van der Waals surface area contributed by atoms with E-state index in [1.165, 1.54) is 11.8 Å². The molecule has 90 valence electrons. The zero-order valence-corrected chi connectivity index (χ0v) is 10.8. The highest BCUT2D eigenvalue weighted by atomic mass is 32.2. The van der Waals surface area contributed by atoms with Crippen molar-refractivity contribution in [3.8, 4) is 0 Å². The number of nitrogens with zero attached hydrogens (tertiary/aromatic N) is 1. The number of nitrogens with two attached hydrogens (primary N) is 1. The van der Waals surface area contributed by atoms with Crippen molar-refractivity contribution in [3.63, 3.8) is 0 Å². The number of hydrogen-bond acceptors (Lipinski definition) is 4. The Morgan fingerprint density at radius 2 is 2.28 bits per heavy atom. The first kappa shape index (κ1) is 11.3. The number of thiophene rings is 1. The van der Waals surface area contributed by atoms with Crippen LogP contribution in [0.1, 0.15) is 10.5 Å². The number of carbonyl (C=O) groups is 1. The Kier molecular flexibility index (Phi) is 2.81. The smallest absolute Gasteiger partial charge is 0.266 e. The molecular weight excluding hydrogens is 266 g/mol. The fraction of sp³-hybridized carbons (Fsp3) is 0. The van der Waals surface area contributed by atoms with Crippen LogP contribution in [-0.4, -0.2) is 15.9 Å². The normalized spacial score (nSPS) is 10.9. The Morgan fingerprint density at radius 1 is 1.39 bits per heavy atom. The number of primary amides is 1. The van der Waals surface area contributed by atoms with Crippen LogP contribution >= 0.6 is 23.1 Å². The second-order valence-electron chi connectivity index (χ2n) is 3.63. The fourth-order valence-corrected chi connectivity index (χ4v) is 3.66. The third-order valence-electron chi connectivity index (χ3n) is 2.45. The molecule has 0 aliphatic rings. The number of hydrogen-bond donors (Lipinski definition) is 2. The maximum atomic E-state index is 11.4. The molecule has 0 spiro atoms. The summed E-state index contributed by atoms with van der Waals surface area (Å²) in [6.45, 7) is 0. The molecule has 0 aromatic carbocycles. The molecule has 1 amide bonds. The van der Waals surface area contributed by atoms with Crippen LogP contribution in [0.3, 0.4) is 0 Å². The predicted octanol–water partition coefficient (Wildman–Crippen LogP) is 2.87. The van der Waals surface area contributed by atoms with Crippen molar-refractivity contribution in [2.75, 3.05) is 0 Å². The lowest BCUT2D eigenvalue weighted by molar-refractivity contribution is 0.0993. The molecule has 0 bridgehead atoms. The number of nitrogens with one attached hydrogen (secondary N) is 1. The van der Waals surface area contributed by atoms with Gasteiger partial charge in [-0.3, -0.25) is 4.79 Å². The first-order valence-electron chi connectivity index (χ1n) is 5.23. The van der Waals surface area contributed by atoms with Crippen molar-refractivity contribution in [1.29, 1.82) is 0 Å². The lowest BCUT2D eigenvalue weighted by Gasteiger charge is -2.00. The maximum absolute atomic E-state index is 11.4. The van der Waals surface area contributed by atoms with Crippen LogP contribution < -0.4 is 5.73 Å². The monoisotopic (exact) mass is 275 g/mol. The minimum Gasteiger partial charge on any atom is -0.364 e. The van der Waals surface area contributed by atoms with E-state index in [4.69, 9.17) is 5.73 Å². The number of amides is 1. The van der Waals surface area contributed by atoms with Crippen LogP contribution in [-0.2, 0) is 0 Å². The molecule has 4 nitrogen and oxygen atoms in total. The van der Waals surface area contributed by atoms with Gasteiger partial charge in [-0.15, -0.1) is 11.3 Å². The van der Waals surface area contributed by atoms with Gasteiger partial charge in [0.1, 0.15) is 10.7 Å². The summed E-state index contributed by atoms with van der Waals surface area (Å²) in [6, 6.07) is 7.62. The molecular formula is C12H9N3OS2. The first-order valence-corrected chi connectivity index (χ1v) is 6.93. The molecule has 0 fully saturated rings. The van der Waals surface area contributed by atoms with E-state index in [1.54, 1.807) is 17.5 Å². The second kappa shape index (κ2) is 4.47. The van der Waals surface area contributed by atoms with Crippen LogP contribution in [0.15, 0.2) is 45.8 Å². The van der Waals surface area contributed by atoms with Crippen LogP contribution in [0.5, 0.6) is 0 Å². The maximum Gasteiger partial charge on any atom is 0.266 e. The summed E-state index contributed by atoms with van der Waals surface area (Å²) in [4.78, 5) is 19.6. The van der Waals surface area contributed by atoms with Gasteiger partial charge in [0, 0.05) is 6.20 Å². The molecule has 0 saturated heterocycles. The molecule has 0 atom stereocenters. The van der Waals surface area contributed by atoms with Crippen molar-refractivity contribution in [1.82, 2.24) is 9.97 Å². The summed E-state index contributed by atoms with van der Waals surface area (Å²) in [5.41, 5.74) is 6.78. The largest absolute Gasteiger partial charge is 0.364 e. The summed E-state index contributed by atoms with van der Waals surface area (Å²) >= 11 is 3.03. The number of carbonyl (C=O) groups excluding carboxylic acids is 1. The average molecular weight is 275 g/mol. The minimum atomic E-state index is -0.447. The fourth-order valence-electron chi connectivity index (χ4n) is 1.67. The minimum absolute atomic E-state index is 0.447. The van der Waals surface area contributed by atoms with Gasteiger partial charge in [-0.2, -0.15) is 0 Å². The summed E-state index contributed by atoms with van der Waals surface area (Å²) in [5.74, 6) is -0.447. The Hall–Kier alpha value is -1.79. The number of fused-ring (bicyclic) bond motifs is 1. The molecule has 0 aliphatic carbocycles. The quantitative estimate of drug-likeness (QED) is 0.772. The zero-order chi connectivity index (χ0) is 12.5. The molecule has 3 N–H and O–H groups in total. The summed E-state index contributed by atoms with van der Waals surface area (Å²) < 4.78 is 1.04. The molecule has 3 aromatic rings. The average Bonchev–Trinajstić information content (AvgIpc) is 2.93. The highest BCUT2D eigenvalue weighted by Crippen LogP contribution is 2.38. The third kappa shape index (κ3) is 1.89. The molecule has 18 heavy (non-hydrogen) atoms. The summed E-state index contributed by atoms with van der Waals surface area (Å²) in [5, 5.41) is 2.82. The molecule has 0 saturated carbocycles. The van der Waals surface area contributed by atoms with Gasteiger partial charge < -0.3 is 10.7 Å². The molecule has 3 heterocycles. The summed E-state index contributed by atoms with van der Waals surface area (Å²) in [7, 11) is 0. The van der Waals surface area contributed by atoms with E-state index in [2.05, 4.69) is 9.97 Å². The molecule has 3 aromatic heterocycles. The lowest BCUT2D eigenvalue weighted by Crippen LogP contribution is -2.12. The summed E-state index contributed by atoms with van der Waals surface area (Å²) in [6.07, 6.45) is 1.73. The standard InChI is InChI=1S/C12H9N3OS2/c13-12(16)9-11(10-7(15-9)4-6-17-10)18-8-3-1-2-5-14-8/h1-6,15H,(H2,13,16). The van der Waals surface area contributed by atoms with Gasteiger partial charge in [0.15, 0.2) is 0 Å². The van der Waals surface area contributed by atoms with Gasteiger partial charge in [-0.1, -0.05) is 17.8 Å². The van der Waals surface area contributed by atoms with Crippen molar-refractivity contribution in [2.24, 2.45) is 5.73 Å². The highest BCUT2D eigenvalue weighted by molar-refractivity contribution is 7.99. The van der Waals surface area contributed by atoms with Crippen molar-refractivity contribution < 1.29 is 4.79 Å². The van der Waals surface area contributed by atoms with E-state index < -0.39 is 5.91 Å². The van der Waals surface area contributed by atoms with Crippen molar-refractivity contribution >= 4 is 39.2 Å². The molecule has 0 aliphatic heterocycles. The molecule has 0 unspecified atom stereocenters. The van der Waals surface area contributed by atoms with Crippen LogP contribution in [0, 0.1) is 0 Å². The Morgan fingerprint density at radius 3 is 3.00 bits per heavy atom. The van der Waals surface area contributed by atoms with E-state index in [0.29, 0.717) is 5.69 Å². The van der Waals surface area contributed by atoms with Gasteiger partial charge in [0.2, 0.25) is 0 Å². The molecule has 3 rings (SSSR count). The van der Waals surface area contributed by atoms with Crippen LogP contribution in [0.2, 0.25) is 0 Å². The number of aromatic amines is 1. The van der Waals surface area contributed by atoms with Crippen LogP contribution in [0.25, 0.3) is 10.2 Å². The van der Waals surface area contributed by atoms with Gasteiger partial charge in [-0.25, -0.2) is 4.98 Å². The van der Waals surface area contributed by atoms with Crippen molar-refractivity contribution in [2.45, 2.75) is 9.92 Å². The molecule has 0 radical (unpaired) electrons. The van der Waals surface area contributed by atoms with E-state index in [9.17, 15) is 4.79 Å². The highest BCUT2D eigenvalue weighted by Gasteiger charge is 2.17. The Bertz CT molecular complexity index is 703. The SMILES string of the molecule is NC(=O)c1[nH]c2ccsc2c1Sc1ccccn1. The predicted molar refractivity (Wildman–Crippen MR) is 73.1 cm³/mol. The Balaban J connectivity index is 2.11. The number of rotatable bonds is 3. The zero-order valence-electron chi connectivity index (χ0n) is 9.21. The number of aromatic nitrogens is 2. The topological polar surface area (TPSA) is 71.8 Å². The van der Waals surface area contributed by atoms with Crippen LogP contribution in [0.4, 0.5) is 0 Å². The van der Waals surface area contributed by atoms with Crippen molar-refractivity contribution in [3.05, 3.63) is 41.5 Å². The Labute approximate surface area is 111 Å². The van der Waals surface area contributed by atoms with E-state index in [-0.39, 0.29) is 0 Å². The first-order chi connectivity index (χ1) is 8.75. The number of pyridine rings is 1. The number of H-pyrrole nitrogens is 1. The van der Waals surface area contributed by atoms with Gasteiger partial charge in [0.25, 0.3) is 5.91 Å². The second-order valence-corrected chi connectivity index (χ2v) is 5.57. The lowest BCUT2D eigenvalue weighted by atomic mass is 10.4. The van der Waals surface area contributed by atoms with Gasteiger partial charge >= 0.3 is 0 Å². The van der Waals surface area contributed by atoms with E-state index in [0.717, 1.165) is 20.1 Å². The molecule has 6 heteroatoms. The van der Waals surface area contributed by atoms with Gasteiger partial charge in [-0.05, 0) is 23.6 Å².